The number of nitrogens with one attached hydrogen (secondary N) is 3. The molecule has 0 saturated carbocycles. The van der Waals surface area contributed by atoms with Gasteiger partial charge in [0.2, 0.25) is 0 Å². The Kier molecular flexibility index (Phi) is 2.75. The van der Waals surface area contributed by atoms with Crippen LogP contribution in [0.15, 0.2) is 36.8 Å². The lowest BCUT2D eigenvalue weighted by atomic mass is 10.1. The van der Waals surface area contributed by atoms with Gasteiger partial charge in [0, 0.05) is 22.7 Å². The Balaban J connectivity index is 1.79. The highest BCUT2D eigenvalue weighted by Crippen LogP contribution is 2.15. The Morgan fingerprint density at radius 3 is 3.00 bits per heavy atom. The van der Waals surface area contributed by atoms with Crippen LogP contribution < -0.4 is 5.32 Å². The molecule has 3 aromatic rings. The van der Waals surface area contributed by atoms with Crippen LogP contribution in [0.1, 0.15) is 28.9 Å². The number of benzene rings is 1. The van der Waals surface area contributed by atoms with Gasteiger partial charge in [-0.25, -0.2) is 0 Å². The SMILES string of the molecule is CC(NC(=O)c1ccc2[nH]ncc2c1)c1cn[nH]c1. The standard InChI is InChI=1S/C13H13N5O/c1-8(11-6-14-15-7-11)17-13(19)9-2-3-12-10(4-9)5-16-18-12/h2-8H,1H3,(H,14,15)(H,16,18)(H,17,19). The zero-order valence-electron chi connectivity index (χ0n) is 10.3. The summed E-state index contributed by atoms with van der Waals surface area (Å²) in [5.41, 5.74) is 2.47. The summed E-state index contributed by atoms with van der Waals surface area (Å²) in [5, 5.41) is 17.2. The second-order valence-electron chi connectivity index (χ2n) is 4.40. The Labute approximate surface area is 109 Å². The van der Waals surface area contributed by atoms with Gasteiger partial charge < -0.3 is 5.32 Å². The molecular formula is C13H13N5O. The van der Waals surface area contributed by atoms with Crippen LogP contribution in [-0.2, 0) is 0 Å². The second kappa shape index (κ2) is 4.56. The van der Waals surface area contributed by atoms with E-state index in [1.54, 1.807) is 24.7 Å². The highest BCUT2D eigenvalue weighted by atomic mass is 16.1. The first-order chi connectivity index (χ1) is 9.24. The lowest BCUT2D eigenvalue weighted by Crippen LogP contribution is -2.26. The minimum atomic E-state index is -0.114. The van der Waals surface area contributed by atoms with Crippen LogP contribution in [0, 0.1) is 0 Å². The Bertz CT molecular complexity index is 701. The number of carbonyl (C=O) groups excluding carboxylic acids is 1. The van der Waals surface area contributed by atoms with E-state index in [-0.39, 0.29) is 11.9 Å². The molecule has 0 bridgehead atoms. The number of carbonyl (C=O) groups is 1. The number of H-pyrrole nitrogens is 2. The van der Waals surface area contributed by atoms with Gasteiger partial charge in [-0.05, 0) is 25.1 Å². The summed E-state index contributed by atoms with van der Waals surface area (Å²) in [5.74, 6) is -0.114. The molecule has 1 aromatic carbocycles. The van der Waals surface area contributed by atoms with Crippen molar-refractivity contribution in [2.75, 3.05) is 0 Å². The van der Waals surface area contributed by atoms with Crippen molar-refractivity contribution in [3.63, 3.8) is 0 Å². The van der Waals surface area contributed by atoms with Crippen molar-refractivity contribution >= 4 is 16.8 Å². The molecule has 6 nitrogen and oxygen atoms in total. The fourth-order valence-corrected chi connectivity index (χ4v) is 1.94. The summed E-state index contributed by atoms with van der Waals surface area (Å²) < 4.78 is 0. The molecule has 2 heterocycles. The number of fused-ring (bicyclic) bond motifs is 1. The van der Waals surface area contributed by atoms with E-state index in [0.29, 0.717) is 5.56 Å². The third-order valence-corrected chi connectivity index (χ3v) is 3.07. The average molecular weight is 255 g/mol. The van der Waals surface area contributed by atoms with Crippen molar-refractivity contribution in [2.45, 2.75) is 13.0 Å². The first kappa shape index (κ1) is 11.5. The van der Waals surface area contributed by atoms with Crippen LogP contribution in [0.4, 0.5) is 0 Å². The molecule has 0 saturated heterocycles. The van der Waals surface area contributed by atoms with E-state index in [9.17, 15) is 4.79 Å². The molecule has 1 atom stereocenters. The number of amides is 1. The molecule has 96 valence electrons. The maximum Gasteiger partial charge on any atom is 0.251 e. The Morgan fingerprint density at radius 2 is 2.21 bits per heavy atom. The topological polar surface area (TPSA) is 86.5 Å². The maximum absolute atomic E-state index is 12.1. The van der Waals surface area contributed by atoms with Crippen molar-refractivity contribution in [3.05, 3.63) is 47.9 Å². The lowest BCUT2D eigenvalue weighted by molar-refractivity contribution is 0.0940. The van der Waals surface area contributed by atoms with Gasteiger partial charge in [0.1, 0.15) is 0 Å². The van der Waals surface area contributed by atoms with Crippen LogP contribution in [0.3, 0.4) is 0 Å². The fraction of sp³-hybridized carbons (Fsp3) is 0.154. The van der Waals surface area contributed by atoms with Gasteiger partial charge in [0.15, 0.2) is 0 Å². The minimum Gasteiger partial charge on any atom is -0.345 e. The number of aromatic nitrogens is 4. The highest BCUT2D eigenvalue weighted by Gasteiger charge is 2.12. The van der Waals surface area contributed by atoms with Gasteiger partial charge in [0.05, 0.1) is 24.0 Å². The molecule has 2 aromatic heterocycles. The van der Waals surface area contributed by atoms with E-state index in [2.05, 4.69) is 25.7 Å². The number of aromatic amines is 2. The van der Waals surface area contributed by atoms with Crippen molar-refractivity contribution in [2.24, 2.45) is 0 Å². The third-order valence-electron chi connectivity index (χ3n) is 3.07. The summed E-state index contributed by atoms with van der Waals surface area (Å²) in [6.45, 7) is 1.92. The van der Waals surface area contributed by atoms with Crippen LogP contribution in [0.2, 0.25) is 0 Å². The molecule has 0 fully saturated rings. The predicted octanol–water partition coefficient (Wildman–Crippen LogP) is 1.78. The monoisotopic (exact) mass is 255 g/mol. The maximum atomic E-state index is 12.1. The minimum absolute atomic E-state index is 0.0914. The van der Waals surface area contributed by atoms with Crippen molar-refractivity contribution < 1.29 is 4.79 Å². The Morgan fingerprint density at radius 1 is 1.32 bits per heavy atom. The third kappa shape index (κ3) is 2.20. The van der Waals surface area contributed by atoms with E-state index in [4.69, 9.17) is 0 Å². The summed E-state index contributed by atoms with van der Waals surface area (Å²) in [6, 6.07) is 5.35. The summed E-state index contributed by atoms with van der Waals surface area (Å²) in [4.78, 5) is 12.1. The molecule has 19 heavy (non-hydrogen) atoms. The van der Waals surface area contributed by atoms with E-state index >= 15 is 0 Å². The largest absolute Gasteiger partial charge is 0.345 e. The smallest absolute Gasteiger partial charge is 0.251 e. The van der Waals surface area contributed by atoms with Gasteiger partial charge in [-0.2, -0.15) is 10.2 Å². The quantitative estimate of drug-likeness (QED) is 0.666. The molecule has 3 rings (SSSR count). The van der Waals surface area contributed by atoms with E-state index in [1.165, 1.54) is 0 Å². The molecule has 0 aliphatic heterocycles. The zero-order valence-corrected chi connectivity index (χ0v) is 10.3. The van der Waals surface area contributed by atoms with Crippen molar-refractivity contribution in [1.29, 1.82) is 0 Å². The number of hydrogen-bond donors (Lipinski definition) is 3. The number of nitrogens with zero attached hydrogens (tertiary/aromatic N) is 2. The molecule has 3 N–H and O–H groups in total. The van der Waals surface area contributed by atoms with Gasteiger partial charge >= 0.3 is 0 Å². The van der Waals surface area contributed by atoms with E-state index < -0.39 is 0 Å². The highest BCUT2D eigenvalue weighted by molar-refractivity contribution is 5.98. The molecule has 0 aliphatic rings. The van der Waals surface area contributed by atoms with Crippen molar-refractivity contribution in [1.82, 2.24) is 25.7 Å². The van der Waals surface area contributed by atoms with Gasteiger partial charge in [-0.3, -0.25) is 15.0 Å². The van der Waals surface area contributed by atoms with Gasteiger partial charge in [-0.1, -0.05) is 0 Å². The van der Waals surface area contributed by atoms with E-state index in [0.717, 1.165) is 16.5 Å². The average Bonchev–Trinajstić information content (AvgIpc) is 3.09. The fourth-order valence-electron chi connectivity index (χ4n) is 1.94. The second-order valence-corrected chi connectivity index (χ2v) is 4.40. The summed E-state index contributed by atoms with van der Waals surface area (Å²) in [6.07, 6.45) is 5.17. The zero-order chi connectivity index (χ0) is 13.2. The number of rotatable bonds is 3. The van der Waals surface area contributed by atoms with Crippen LogP contribution in [0.25, 0.3) is 10.9 Å². The molecule has 1 amide bonds. The molecule has 0 aliphatic carbocycles. The van der Waals surface area contributed by atoms with E-state index in [1.807, 2.05) is 19.1 Å². The number of hydrogen-bond acceptors (Lipinski definition) is 3. The first-order valence-electron chi connectivity index (χ1n) is 5.97. The van der Waals surface area contributed by atoms with Gasteiger partial charge in [0.25, 0.3) is 5.91 Å². The summed E-state index contributed by atoms with van der Waals surface area (Å²) >= 11 is 0. The molecular weight excluding hydrogens is 242 g/mol. The molecule has 1 unspecified atom stereocenters. The first-order valence-corrected chi connectivity index (χ1v) is 5.97. The van der Waals surface area contributed by atoms with Gasteiger partial charge in [-0.15, -0.1) is 0 Å². The van der Waals surface area contributed by atoms with Crippen molar-refractivity contribution in [3.8, 4) is 0 Å². The normalized spacial score (nSPS) is 12.5. The van der Waals surface area contributed by atoms with Crippen LogP contribution >= 0.6 is 0 Å². The lowest BCUT2D eigenvalue weighted by Gasteiger charge is -2.11. The summed E-state index contributed by atoms with van der Waals surface area (Å²) in [7, 11) is 0. The Hall–Kier alpha value is -2.63. The van der Waals surface area contributed by atoms with Crippen LogP contribution in [-0.4, -0.2) is 26.3 Å². The molecule has 0 radical (unpaired) electrons. The van der Waals surface area contributed by atoms with Crippen LogP contribution in [0.5, 0.6) is 0 Å². The predicted molar refractivity (Wildman–Crippen MR) is 70.6 cm³/mol. The molecule has 0 spiro atoms. The molecule has 6 heteroatoms.